The highest BCUT2D eigenvalue weighted by Crippen LogP contribution is 2.31. The van der Waals surface area contributed by atoms with Gasteiger partial charge in [0.05, 0.1) is 24.2 Å². The van der Waals surface area contributed by atoms with Gasteiger partial charge in [-0.05, 0) is 37.1 Å². The van der Waals surface area contributed by atoms with Gasteiger partial charge >= 0.3 is 6.18 Å². The number of nitrogens with one attached hydrogen (secondary N) is 1. The number of benzene rings is 1. The van der Waals surface area contributed by atoms with Gasteiger partial charge in [-0.2, -0.15) is 13.2 Å². The number of amides is 1. The number of ketones is 1. The SMILES string of the molecule is Cc1cc(=O)[nH]c(C)c1C(=O)CN(Cc1cc(F)cc(F)c1)C(=O)C1=C(C(F)(F)F)CN=C1. The lowest BCUT2D eigenvalue weighted by molar-refractivity contribution is -0.128. The van der Waals surface area contributed by atoms with Crippen LogP contribution in [0.5, 0.6) is 0 Å². The lowest BCUT2D eigenvalue weighted by atomic mass is 10.0. The van der Waals surface area contributed by atoms with Gasteiger partial charge in [-0.3, -0.25) is 19.4 Å². The van der Waals surface area contributed by atoms with E-state index in [1.54, 1.807) is 0 Å². The lowest BCUT2D eigenvalue weighted by Crippen LogP contribution is -2.38. The van der Waals surface area contributed by atoms with Crippen LogP contribution in [0.15, 0.2) is 45.2 Å². The maximum absolute atomic E-state index is 13.6. The maximum Gasteiger partial charge on any atom is 0.415 e. The van der Waals surface area contributed by atoms with Crippen LogP contribution < -0.4 is 5.56 Å². The van der Waals surface area contributed by atoms with Crippen molar-refractivity contribution in [2.75, 3.05) is 13.1 Å². The van der Waals surface area contributed by atoms with Crippen molar-refractivity contribution >= 4 is 17.9 Å². The number of rotatable bonds is 6. The predicted molar refractivity (Wildman–Crippen MR) is 109 cm³/mol. The second kappa shape index (κ2) is 9.08. The quantitative estimate of drug-likeness (QED) is 0.522. The molecular weight excluding hydrogens is 449 g/mol. The summed E-state index contributed by atoms with van der Waals surface area (Å²) in [5.41, 5.74) is -1.83. The van der Waals surface area contributed by atoms with E-state index >= 15 is 0 Å². The van der Waals surface area contributed by atoms with E-state index in [4.69, 9.17) is 0 Å². The minimum absolute atomic E-state index is 0.0624. The number of Topliss-reactive ketones (excluding diaryl/α,β-unsaturated/α-hetero) is 1. The number of aromatic nitrogens is 1. The zero-order chi connectivity index (χ0) is 24.5. The molecule has 1 N–H and O–H groups in total. The van der Waals surface area contributed by atoms with E-state index in [2.05, 4.69) is 9.98 Å². The Morgan fingerprint density at radius 2 is 1.73 bits per heavy atom. The molecule has 0 spiro atoms. The molecule has 2 aromatic rings. The van der Waals surface area contributed by atoms with Gasteiger partial charge in [0.2, 0.25) is 5.56 Å². The Kier molecular flexibility index (Phi) is 6.61. The summed E-state index contributed by atoms with van der Waals surface area (Å²) < 4.78 is 67.3. The van der Waals surface area contributed by atoms with Gasteiger partial charge < -0.3 is 9.88 Å². The smallest absolute Gasteiger partial charge is 0.327 e. The summed E-state index contributed by atoms with van der Waals surface area (Å²) in [6.45, 7) is 0.969. The average Bonchev–Trinajstić information content (AvgIpc) is 3.15. The number of hydrogen-bond donors (Lipinski definition) is 1. The third-order valence-corrected chi connectivity index (χ3v) is 4.99. The third-order valence-electron chi connectivity index (χ3n) is 4.99. The van der Waals surface area contributed by atoms with Crippen molar-refractivity contribution in [2.45, 2.75) is 26.6 Å². The van der Waals surface area contributed by atoms with Crippen LogP contribution in [0.25, 0.3) is 0 Å². The minimum atomic E-state index is -4.83. The zero-order valence-electron chi connectivity index (χ0n) is 17.5. The molecule has 6 nitrogen and oxygen atoms in total. The molecule has 3 rings (SSSR count). The molecule has 0 atom stereocenters. The first kappa shape index (κ1) is 24.0. The van der Waals surface area contributed by atoms with Crippen molar-refractivity contribution in [3.05, 3.63) is 79.8 Å². The molecule has 0 bridgehead atoms. The molecule has 33 heavy (non-hydrogen) atoms. The maximum atomic E-state index is 13.6. The number of aryl methyl sites for hydroxylation is 2. The molecule has 2 heterocycles. The normalized spacial score (nSPS) is 13.5. The lowest BCUT2D eigenvalue weighted by Gasteiger charge is -2.24. The number of carbonyl (C=O) groups excluding carboxylic acids is 2. The first-order chi connectivity index (χ1) is 15.4. The minimum Gasteiger partial charge on any atom is -0.327 e. The Morgan fingerprint density at radius 1 is 1.09 bits per heavy atom. The molecule has 174 valence electrons. The van der Waals surface area contributed by atoms with Gasteiger partial charge in [-0.25, -0.2) is 8.78 Å². The van der Waals surface area contributed by atoms with Crippen molar-refractivity contribution in [3.63, 3.8) is 0 Å². The van der Waals surface area contributed by atoms with Crippen molar-refractivity contribution < 1.29 is 31.5 Å². The van der Waals surface area contributed by atoms with Crippen LogP contribution in [0.1, 0.15) is 27.2 Å². The molecule has 0 saturated heterocycles. The Morgan fingerprint density at radius 3 is 2.30 bits per heavy atom. The zero-order valence-corrected chi connectivity index (χ0v) is 17.5. The highest BCUT2D eigenvalue weighted by atomic mass is 19.4. The number of H-pyrrole nitrogens is 1. The van der Waals surface area contributed by atoms with Gasteiger partial charge in [0.15, 0.2) is 5.78 Å². The number of pyridine rings is 1. The molecule has 0 fully saturated rings. The summed E-state index contributed by atoms with van der Waals surface area (Å²) in [5, 5.41) is 0. The van der Waals surface area contributed by atoms with E-state index in [0.717, 1.165) is 23.2 Å². The van der Waals surface area contributed by atoms with Crippen LogP contribution in [0, 0.1) is 25.5 Å². The van der Waals surface area contributed by atoms with Crippen LogP contribution in [-0.2, 0) is 11.3 Å². The number of aliphatic imine (C=N–C) groups is 1. The predicted octanol–water partition coefficient (Wildman–Crippen LogP) is 3.42. The molecule has 0 radical (unpaired) electrons. The Bertz CT molecular complexity index is 1200. The molecule has 1 aliphatic rings. The molecule has 0 saturated carbocycles. The largest absolute Gasteiger partial charge is 0.415 e. The molecule has 1 aromatic heterocycles. The topological polar surface area (TPSA) is 82.6 Å². The number of nitrogens with zero attached hydrogens (tertiary/aromatic N) is 2. The summed E-state index contributed by atoms with van der Waals surface area (Å²) in [6, 6.07) is 3.59. The van der Waals surface area contributed by atoms with Gasteiger partial charge in [0, 0.05) is 36.1 Å². The molecule has 1 aromatic carbocycles. The number of aromatic amines is 1. The van der Waals surface area contributed by atoms with Crippen molar-refractivity contribution in [3.8, 4) is 0 Å². The van der Waals surface area contributed by atoms with E-state index in [0.29, 0.717) is 11.6 Å². The Labute approximate surface area is 184 Å². The molecule has 0 unspecified atom stereocenters. The van der Waals surface area contributed by atoms with Crippen molar-refractivity contribution in [1.29, 1.82) is 0 Å². The Balaban J connectivity index is 2.02. The fraction of sp³-hybridized carbons (Fsp3) is 0.273. The van der Waals surface area contributed by atoms with Crippen LogP contribution in [0.2, 0.25) is 0 Å². The summed E-state index contributed by atoms with van der Waals surface area (Å²) in [4.78, 5) is 44.4. The third kappa shape index (κ3) is 5.41. The molecule has 0 aliphatic carbocycles. The van der Waals surface area contributed by atoms with E-state index in [9.17, 15) is 36.3 Å². The summed E-state index contributed by atoms with van der Waals surface area (Å²) in [7, 11) is 0. The van der Waals surface area contributed by atoms with E-state index in [1.165, 1.54) is 19.9 Å². The monoisotopic (exact) mass is 467 g/mol. The highest BCUT2D eigenvalue weighted by molar-refractivity contribution is 6.15. The van der Waals surface area contributed by atoms with Gasteiger partial charge in [-0.1, -0.05) is 0 Å². The van der Waals surface area contributed by atoms with Crippen molar-refractivity contribution in [1.82, 2.24) is 9.88 Å². The van der Waals surface area contributed by atoms with Gasteiger partial charge in [0.1, 0.15) is 11.6 Å². The number of carbonyl (C=O) groups is 2. The first-order valence-corrected chi connectivity index (χ1v) is 9.65. The van der Waals surface area contributed by atoms with Crippen LogP contribution in [-0.4, -0.2) is 47.1 Å². The van der Waals surface area contributed by atoms with E-state index < -0.39 is 65.8 Å². The summed E-state index contributed by atoms with van der Waals surface area (Å²) in [6.07, 6.45) is -4.06. The summed E-state index contributed by atoms with van der Waals surface area (Å²) >= 11 is 0. The fourth-order valence-electron chi connectivity index (χ4n) is 3.64. The standard InChI is InChI=1S/C22H18F5N3O3/c1-11-3-19(32)29-12(2)20(11)18(31)10-30(9-13-4-14(23)6-15(24)5-13)21(33)16-7-28-8-17(16)22(25,26)27/h3-7H,8-10H2,1-2H3,(H,29,32). The van der Waals surface area contributed by atoms with Gasteiger partial charge in [0.25, 0.3) is 5.91 Å². The van der Waals surface area contributed by atoms with E-state index in [1.807, 2.05) is 0 Å². The fourth-order valence-corrected chi connectivity index (χ4v) is 3.64. The average molecular weight is 467 g/mol. The Hall–Kier alpha value is -3.63. The highest BCUT2D eigenvalue weighted by Gasteiger charge is 2.40. The number of halogens is 5. The molecule has 11 heteroatoms. The van der Waals surface area contributed by atoms with E-state index in [-0.39, 0.29) is 16.8 Å². The first-order valence-electron chi connectivity index (χ1n) is 9.65. The number of alkyl halides is 3. The van der Waals surface area contributed by atoms with Crippen LogP contribution >= 0.6 is 0 Å². The van der Waals surface area contributed by atoms with Crippen LogP contribution in [0.4, 0.5) is 22.0 Å². The molecular formula is C22H18F5N3O3. The second-order valence-corrected chi connectivity index (χ2v) is 7.54. The summed E-state index contributed by atoms with van der Waals surface area (Å²) in [5.74, 6) is -3.74. The molecule has 1 aliphatic heterocycles. The van der Waals surface area contributed by atoms with Crippen molar-refractivity contribution in [2.24, 2.45) is 4.99 Å². The second-order valence-electron chi connectivity index (χ2n) is 7.54. The molecule has 1 amide bonds. The van der Waals surface area contributed by atoms with Gasteiger partial charge in [-0.15, -0.1) is 0 Å². The number of hydrogen-bond acceptors (Lipinski definition) is 4. The van der Waals surface area contributed by atoms with Crippen LogP contribution in [0.3, 0.4) is 0 Å².